The van der Waals surface area contributed by atoms with E-state index in [2.05, 4.69) is 25.5 Å². The van der Waals surface area contributed by atoms with Crippen molar-refractivity contribution in [3.63, 3.8) is 0 Å². The van der Waals surface area contributed by atoms with Crippen molar-refractivity contribution in [3.8, 4) is 0 Å². The number of hydrogen-bond acceptors (Lipinski definition) is 0. The fourth-order valence-electron chi connectivity index (χ4n) is 3.47. The SMILES string of the molecule is Br[Te](Br)(CC1CCCCC1)CC1CCCCC1. The fourth-order valence-corrected chi connectivity index (χ4v) is 19.7. The van der Waals surface area contributed by atoms with Gasteiger partial charge in [-0.05, 0) is 0 Å². The maximum atomic E-state index is 4.16. The van der Waals surface area contributed by atoms with E-state index in [0.29, 0.717) is 0 Å². The van der Waals surface area contributed by atoms with E-state index in [4.69, 9.17) is 0 Å². The molecule has 0 aliphatic heterocycles. The molecular formula is C14H26Br2Te. The standard InChI is InChI=1S/C14H26Br2Te/c15-17(16,11-13-7-3-1-4-8-13)12-14-9-5-2-6-10-14/h13-14H,1-12H2. The summed E-state index contributed by atoms with van der Waals surface area (Å²) in [5.74, 6) is 2.10. The summed E-state index contributed by atoms with van der Waals surface area (Å²) in [5.41, 5.74) is 0. The Labute approximate surface area is 123 Å². The van der Waals surface area contributed by atoms with Crippen molar-refractivity contribution >= 4 is 39.3 Å². The van der Waals surface area contributed by atoms with Crippen molar-refractivity contribution in [1.29, 1.82) is 0 Å². The van der Waals surface area contributed by atoms with E-state index in [1.165, 1.54) is 73.1 Å². The molecule has 17 heavy (non-hydrogen) atoms. The Balaban J connectivity index is 1.75. The van der Waals surface area contributed by atoms with E-state index in [9.17, 15) is 0 Å². The van der Waals surface area contributed by atoms with Crippen molar-refractivity contribution in [1.82, 2.24) is 0 Å². The molecule has 0 aromatic heterocycles. The summed E-state index contributed by atoms with van der Waals surface area (Å²) in [6.07, 6.45) is 15.0. The molecule has 0 atom stereocenters. The van der Waals surface area contributed by atoms with E-state index in [0.717, 1.165) is 11.8 Å². The van der Waals surface area contributed by atoms with Crippen LogP contribution in [0.4, 0.5) is 0 Å². The zero-order chi connectivity index (χ0) is 12.1. The number of rotatable bonds is 4. The van der Waals surface area contributed by atoms with Crippen LogP contribution in [-0.2, 0) is 0 Å². The average Bonchev–Trinajstić information content (AvgIpc) is 2.30. The second kappa shape index (κ2) is 7.51. The molecule has 2 fully saturated rings. The molecule has 0 unspecified atom stereocenters. The van der Waals surface area contributed by atoms with Crippen LogP contribution in [0.25, 0.3) is 0 Å². The summed E-state index contributed by atoms with van der Waals surface area (Å²) >= 11 is 6.52. The zero-order valence-corrected chi connectivity index (χ0v) is 16.3. The average molecular weight is 482 g/mol. The van der Waals surface area contributed by atoms with Crippen molar-refractivity contribution < 1.29 is 0 Å². The molecule has 0 nitrogen and oxygen atoms in total. The monoisotopic (exact) mass is 482 g/mol. The second-order valence-electron chi connectivity index (χ2n) is 6.04. The van der Waals surface area contributed by atoms with Gasteiger partial charge < -0.3 is 0 Å². The molecule has 2 aliphatic rings. The van der Waals surface area contributed by atoms with E-state index in [1.807, 2.05) is 0 Å². The minimum absolute atomic E-state index is 1.05. The Kier molecular flexibility index (Phi) is 6.69. The first-order valence-corrected chi connectivity index (χ1v) is 21.1. The molecule has 0 N–H and O–H groups in total. The van der Waals surface area contributed by atoms with Crippen molar-refractivity contribution in [2.75, 3.05) is 0 Å². The van der Waals surface area contributed by atoms with Gasteiger partial charge in [-0.15, -0.1) is 0 Å². The molecule has 0 amide bonds. The molecule has 0 heterocycles. The van der Waals surface area contributed by atoms with Crippen LogP contribution in [0.3, 0.4) is 0 Å². The molecule has 3 heteroatoms. The zero-order valence-electron chi connectivity index (χ0n) is 10.8. The van der Waals surface area contributed by atoms with Crippen molar-refractivity contribution in [2.24, 2.45) is 11.8 Å². The Hall–Kier alpha value is 1.75. The second-order valence-corrected chi connectivity index (χ2v) is 34.4. The maximum absolute atomic E-state index is 4.16. The van der Waals surface area contributed by atoms with Gasteiger partial charge in [-0.2, -0.15) is 0 Å². The summed E-state index contributed by atoms with van der Waals surface area (Å²) in [6.45, 7) is 0. The summed E-state index contributed by atoms with van der Waals surface area (Å²) < 4.78 is 3.05. The van der Waals surface area contributed by atoms with Crippen LogP contribution in [-0.4, -0.2) is 13.8 Å². The van der Waals surface area contributed by atoms with Gasteiger partial charge in [0.25, 0.3) is 0 Å². The van der Waals surface area contributed by atoms with E-state index in [1.54, 1.807) is 0 Å². The van der Waals surface area contributed by atoms with Crippen LogP contribution in [0.2, 0.25) is 8.94 Å². The first-order chi connectivity index (χ1) is 8.16. The first kappa shape index (κ1) is 15.1. The third kappa shape index (κ3) is 5.72. The molecule has 0 bridgehead atoms. The molecular weight excluding hydrogens is 456 g/mol. The fraction of sp³-hybridized carbons (Fsp3) is 1.00. The van der Waals surface area contributed by atoms with Gasteiger partial charge in [-0.3, -0.25) is 0 Å². The summed E-state index contributed by atoms with van der Waals surface area (Å²) in [7, 11) is 0. The predicted molar refractivity (Wildman–Crippen MR) is 86.4 cm³/mol. The van der Waals surface area contributed by atoms with Gasteiger partial charge in [0.1, 0.15) is 0 Å². The van der Waals surface area contributed by atoms with Gasteiger partial charge in [-0.25, -0.2) is 0 Å². The van der Waals surface area contributed by atoms with Gasteiger partial charge in [0.05, 0.1) is 0 Å². The summed E-state index contributed by atoms with van der Waals surface area (Å²) in [6, 6.07) is 0. The third-order valence-electron chi connectivity index (χ3n) is 4.41. The number of halogens is 2. The van der Waals surface area contributed by atoms with Crippen LogP contribution in [0.1, 0.15) is 64.2 Å². The van der Waals surface area contributed by atoms with E-state index < -0.39 is 13.8 Å². The van der Waals surface area contributed by atoms with Crippen molar-refractivity contribution in [2.45, 2.75) is 73.1 Å². The van der Waals surface area contributed by atoms with Crippen LogP contribution in [0.15, 0.2) is 0 Å². The van der Waals surface area contributed by atoms with E-state index in [-0.39, 0.29) is 0 Å². The Morgan fingerprint density at radius 3 is 1.35 bits per heavy atom. The van der Waals surface area contributed by atoms with Crippen LogP contribution < -0.4 is 0 Å². The molecule has 2 saturated carbocycles. The summed E-state index contributed by atoms with van der Waals surface area (Å²) in [4.78, 5) is 0. The first-order valence-electron chi connectivity index (χ1n) is 7.34. The van der Waals surface area contributed by atoms with Gasteiger partial charge in [0.2, 0.25) is 0 Å². The van der Waals surface area contributed by atoms with Crippen LogP contribution in [0.5, 0.6) is 0 Å². The minimum atomic E-state index is -1.80. The molecule has 2 aliphatic carbocycles. The third-order valence-corrected chi connectivity index (χ3v) is 17.0. The summed E-state index contributed by atoms with van der Waals surface area (Å²) in [5, 5.41) is 0. The van der Waals surface area contributed by atoms with Gasteiger partial charge in [-0.1, -0.05) is 0 Å². The predicted octanol–water partition coefficient (Wildman–Crippen LogP) is 6.38. The van der Waals surface area contributed by atoms with Gasteiger partial charge >= 0.3 is 124 Å². The normalized spacial score (nSPS) is 26.0. The topological polar surface area (TPSA) is 0 Å². The van der Waals surface area contributed by atoms with Crippen LogP contribution >= 0.6 is 25.5 Å². The molecule has 0 aromatic rings. The van der Waals surface area contributed by atoms with E-state index >= 15 is 0 Å². The Morgan fingerprint density at radius 2 is 1.00 bits per heavy atom. The van der Waals surface area contributed by atoms with Gasteiger partial charge in [0, 0.05) is 0 Å². The molecule has 102 valence electrons. The van der Waals surface area contributed by atoms with Crippen LogP contribution in [0, 0.1) is 11.8 Å². The molecule has 0 radical (unpaired) electrons. The van der Waals surface area contributed by atoms with Gasteiger partial charge in [0.15, 0.2) is 0 Å². The molecule has 0 saturated heterocycles. The van der Waals surface area contributed by atoms with Crippen molar-refractivity contribution in [3.05, 3.63) is 0 Å². The Bertz CT molecular complexity index is 196. The molecule has 0 spiro atoms. The molecule has 2 rings (SSSR count). The Morgan fingerprint density at radius 1 is 0.647 bits per heavy atom. The molecule has 0 aromatic carbocycles. The number of hydrogen-bond donors (Lipinski definition) is 0. The quantitative estimate of drug-likeness (QED) is 0.409.